The fourth-order valence-electron chi connectivity index (χ4n) is 4.23. The molecule has 0 bridgehead atoms. The van der Waals surface area contributed by atoms with Crippen molar-refractivity contribution in [2.24, 2.45) is 0 Å². The largest absolute Gasteiger partial charge is 0.478 e. The van der Waals surface area contributed by atoms with Gasteiger partial charge in [0.15, 0.2) is 0 Å². The zero-order valence-electron chi connectivity index (χ0n) is 25.5. The van der Waals surface area contributed by atoms with Crippen molar-refractivity contribution in [1.82, 2.24) is 0 Å². The second-order valence-electron chi connectivity index (χ2n) is 10.4. The van der Waals surface area contributed by atoms with Crippen LogP contribution in [0.15, 0.2) is 77.7 Å². The van der Waals surface area contributed by atoms with Crippen molar-refractivity contribution in [3.8, 4) is 0 Å². The molecule has 226 valence electrons. The maximum atomic E-state index is 10.9. The third kappa shape index (κ3) is 10.7. The van der Waals surface area contributed by atoms with Crippen molar-refractivity contribution in [2.75, 3.05) is 0 Å². The standard InChI is InChI=1S/C16H16.C10H10O4.C9H12O3S/c1-13-5-3-7-15(11-13)9-10-16-8-4-6-14(2)12-16;1-5-3-8(10(13)14)6(2)4-7(5)9(11)12;1-6-4-8(3)9(5-7(6)2)13(10,11)12/h3-12H,1-2H3;3-4H,1-2H3,(H,11,12)(H,13,14);4-5H,1-3H3,(H,10,11,12)/b10-9-;;. The van der Waals surface area contributed by atoms with Crippen molar-refractivity contribution in [3.05, 3.63) is 134 Å². The quantitative estimate of drug-likeness (QED) is 0.156. The van der Waals surface area contributed by atoms with Crippen molar-refractivity contribution >= 4 is 34.2 Å². The van der Waals surface area contributed by atoms with Crippen molar-refractivity contribution in [1.29, 1.82) is 0 Å². The highest BCUT2D eigenvalue weighted by Crippen LogP contribution is 2.19. The van der Waals surface area contributed by atoms with Crippen molar-refractivity contribution < 1.29 is 32.8 Å². The summed E-state index contributed by atoms with van der Waals surface area (Å²) in [4.78, 5) is 21.4. The van der Waals surface area contributed by atoms with E-state index in [-0.39, 0.29) is 16.0 Å². The Balaban J connectivity index is 0.000000227. The zero-order valence-corrected chi connectivity index (χ0v) is 26.3. The predicted octanol–water partition coefficient (Wildman–Crippen LogP) is 8.03. The molecule has 0 aromatic heterocycles. The summed E-state index contributed by atoms with van der Waals surface area (Å²) in [5.74, 6) is -2.08. The van der Waals surface area contributed by atoms with Gasteiger partial charge in [0.05, 0.1) is 16.0 Å². The first-order valence-electron chi connectivity index (χ1n) is 13.4. The van der Waals surface area contributed by atoms with Crippen LogP contribution in [-0.4, -0.2) is 35.1 Å². The second kappa shape index (κ2) is 15.1. The molecule has 4 rings (SSSR count). The van der Waals surface area contributed by atoms with E-state index in [1.807, 2.05) is 13.8 Å². The van der Waals surface area contributed by atoms with Gasteiger partial charge < -0.3 is 10.2 Å². The van der Waals surface area contributed by atoms with Crippen LogP contribution in [-0.2, 0) is 10.1 Å². The number of hydrogen-bond donors (Lipinski definition) is 3. The van der Waals surface area contributed by atoms with Crippen LogP contribution in [0.25, 0.3) is 12.2 Å². The van der Waals surface area contributed by atoms with Crippen molar-refractivity contribution in [3.63, 3.8) is 0 Å². The van der Waals surface area contributed by atoms with E-state index in [9.17, 15) is 18.0 Å². The first-order valence-corrected chi connectivity index (χ1v) is 14.9. The van der Waals surface area contributed by atoms with E-state index in [0.29, 0.717) is 16.7 Å². The summed E-state index contributed by atoms with van der Waals surface area (Å²) >= 11 is 0. The van der Waals surface area contributed by atoms with Gasteiger partial charge in [-0.15, -0.1) is 0 Å². The van der Waals surface area contributed by atoms with Gasteiger partial charge in [-0.2, -0.15) is 8.42 Å². The molecule has 0 saturated carbocycles. The number of aryl methyl sites for hydroxylation is 7. The monoisotopic (exact) mass is 602 g/mol. The van der Waals surface area contributed by atoms with Crippen LogP contribution in [0.2, 0.25) is 0 Å². The third-order valence-corrected chi connectivity index (χ3v) is 7.65. The van der Waals surface area contributed by atoms with Gasteiger partial charge >= 0.3 is 11.9 Å². The van der Waals surface area contributed by atoms with E-state index in [0.717, 1.165) is 11.1 Å². The highest BCUT2D eigenvalue weighted by Gasteiger charge is 2.14. The van der Waals surface area contributed by atoms with E-state index in [2.05, 4.69) is 74.5 Å². The van der Waals surface area contributed by atoms with Gasteiger partial charge in [0.25, 0.3) is 10.1 Å². The minimum absolute atomic E-state index is 0.00407. The van der Waals surface area contributed by atoms with E-state index in [4.69, 9.17) is 14.8 Å². The molecule has 43 heavy (non-hydrogen) atoms. The highest BCUT2D eigenvalue weighted by atomic mass is 32.2. The smallest absolute Gasteiger partial charge is 0.335 e. The highest BCUT2D eigenvalue weighted by molar-refractivity contribution is 7.85. The summed E-state index contributed by atoms with van der Waals surface area (Å²) < 4.78 is 30.6. The molecule has 0 aliphatic carbocycles. The zero-order chi connectivity index (χ0) is 32.5. The third-order valence-electron chi connectivity index (χ3n) is 6.65. The number of rotatable bonds is 5. The maximum absolute atomic E-state index is 10.9. The van der Waals surface area contributed by atoms with Crippen LogP contribution < -0.4 is 0 Å². The summed E-state index contributed by atoms with van der Waals surface area (Å²) in [6.45, 7) is 12.8. The van der Waals surface area contributed by atoms with Gasteiger partial charge in [-0.05, 0) is 106 Å². The molecule has 8 heteroatoms. The Morgan fingerprint density at radius 1 is 0.558 bits per heavy atom. The molecule has 0 spiro atoms. The first kappa shape index (κ1) is 34.7. The SMILES string of the molecule is Cc1cc(C(=O)O)c(C)cc1C(=O)O.Cc1cc(C)c(S(=O)(=O)O)cc1C.Cc1cccc(/C=C\c2cccc(C)c2)c1. The summed E-state index contributed by atoms with van der Waals surface area (Å²) in [5.41, 5.74) is 8.76. The number of aromatic carboxylic acids is 2. The molecule has 0 radical (unpaired) electrons. The number of carboxylic acid groups (broad SMARTS) is 2. The van der Waals surface area contributed by atoms with Crippen LogP contribution in [0.1, 0.15) is 70.8 Å². The Hall–Kier alpha value is -4.53. The Labute approximate surface area is 253 Å². The van der Waals surface area contributed by atoms with Crippen LogP contribution in [0, 0.1) is 48.5 Å². The summed E-state index contributed by atoms with van der Waals surface area (Å²) in [5, 5.41) is 17.5. The van der Waals surface area contributed by atoms with E-state index in [1.165, 1.54) is 40.5 Å². The van der Waals surface area contributed by atoms with E-state index in [1.54, 1.807) is 26.8 Å². The molecule has 0 fully saturated rings. The lowest BCUT2D eigenvalue weighted by molar-refractivity contribution is 0.0679. The minimum Gasteiger partial charge on any atom is -0.478 e. The molecule has 7 nitrogen and oxygen atoms in total. The summed E-state index contributed by atoms with van der Waals surface area (Å²) in [7, 11) is -4.07. The van der Waals surface area contributed by atoms with Crippen molar-refractivity contribution in [2.45, 2.75) is 53.4 Å². The van der Waals surface area contributed by atoms with Gasteiger partial charge in [0.2, 0.25) is 0 Å². The topological polar surface area (TPSA) is 129 Å². The van der Waals surface area contributed by atoms with E-state index < -0.39 is 22.1 Å². The molecule has 0 heterocycles. The molecule has 0 aliphatic rings. The molecule has 0 saturated heterocycles. The van der Waals surface area contributed by atoms with Crippen LogP contribution in [0.3, 0.4) is 0 Å². The second-order valence-corrected chi connectivity index (χ2v) is 11.8. The molecule has 4 aromatic carbocycles. The Kier molecular flexibility index (Phi) is 12.2. The van der Waals surface area contributed by atoms with E-state index >= 15 is 0 Å². The van der Waals surface area contributed by atoms with Crippen LogP contribution in [0.5, 0.6) is 0 Å². The number of carboxylic acids is 2. The number of carbonyl (C=O) groups is 2. The average molecular weight is 603 g/mol. The van der Waals surface area contributed by atoms with Gasteiger partial charge in [-0.3, -0.25) is 4.55 Å². The molecule has 4 aromatic rings. The van der Waals surface area contributed by atoms with Gasteiger partial charge in [0.1, 0.15) is 0 Å². The molecule has 3 N–H and O–H groups in total. The fourth-order valence-corrected chi connectivity index (χ4v) is 5.02. The molecular formula is C35H38O7S. The predicted molar refractivity (Wildman–Crippen MR) is 172 cm³/mol. The Bertz CT molecular complexity index is 1680. The molecule has 0 atom stereocenters. The Morgan fingerprint density at radius 3 is 1.30 bits per heavy atom. The van der Waals surface area contributed by atoms with Gasteiger partial charge in [-0.1, -0.05) is 77.9 Å². The number of benzene rings is 4. The lowest BCUT2D eigenvalue weighted by atomic mass is 10.0. The lowest BCUT2D eigenvalue weighted by Crippen LogP contribution is -2.06. The molecule has 0 aliphatic heterocycles. The summed E-state index contributed by atoms with van der Waals surface area (Å²) in [6, 6.07) is 23.0. The molecule has 0 amide bonds. The minimum atomic E-state index is -4.07. The normalized spacial score (nSPS) is 10.8. The molecular weight excluding hydrogens is 564 g/mol. The Morgan fingerprint density at radius 2 is 0.953 bits per heavy atom. The fraction of sp³-hybridized carbons (Fsp3) is 0.200. The lowest BCUT2D eigenvalue weighted by Gasteiger charge is -2.06. The van der Waals surface area contributed by atoms with Crippen LogP contribution in [0.4, 0.5) is 0 Å². The van der Waals surface area contributed by atoms with Gasteiger partial charge in [0, 0.05) is 0 Å². The van der Waals surface area contributed by atoms with Gasteiger partial charge in [-0.25, -0.2) is 9.59 Å². The average Bonchev–Trinajstić information content (AvgIpc) is 2.90. The first-order chi connectivity index (χ1) is 20.0. The number of hydrogen-bond acceptors (Lipinski definition) is 4. The summed E-state index contributed by atoms with van der Waals surface area (Å²) in [6.07, 6.45) is 4.31. The maximum Gasteiger partial charge on any atom is 0.335 e. The van der Waals surface area contributed by atoms with Crippen LogP contribution >= 0.6 is 0 Å². The molecule has 0 unspecified atom stereocenters.